The van der Waals surface area contributed by atoms with Gasteiger partial charge in [0.15, 0.2) is 0 Å². The highest BCUT2D eigenvalue weighted by Gasteiger charge is 2.11. The number of benzene rings is 1. The van der Waals surface area contributed by atoms with Gasteiger partial charge in [-0.3, -0.25) is 0 Å². The van der Waals surface area contributed by atoms with E-state index in [1.165, 1.54) is 11.1 Å². The lowest BCUT2D eigenvalue weighted by Gasteiger charge is -2.04. The zero-order valence-electron chi connectivity index (χ0n) is 11.0. The molecule has 3 nitrogen and oxygen atoms in total. The van der Waals surface area contributed by atoms with Crippen molar-refractivity contribution < 1.29 is 0 Å². The third-order valence-corrected chi connectivity index (χ3v) is 3.49. The molecule has 0 fully saturated rings. The van der Waals surface area contributed by atoms with Gasteiger partial charge < -0.3 is 10.3 Å². The monoisotopic (exact) mass is 307 g/mol. The molecular formula is C14H18BrN3. The Kier molecular flexibility index (Phi) is 4.19. The third kappa shape index (κ3) is 2.82. The number of halogens is 1. The molecule has 0 aliphatic heterocycles. The van der Waals surface area contributed by atoms with Crippen LogP contribution in [0.15, 0.2) is 22.7 Å². The number of nitrogens with one attached hydrogen (secondary N) is 2. The topological polar surface area (TPSA) is 40.7 Å². The van der Waals surface area contributed by atoms with Gasteiger partial charge in [0.1, 0.15) is 5.82 Å². The maximum Gasteiger partial charge on any atom is 0.108 e. The summed E-state index contributed by atoms with van der Waals surface area (Å²) in [5.74, 6) is 1.04. The summed E-state index contributed by atoms with van der Waals surface area (Å²) in [4.78, 5) is 8.06. The summed E-state index contributed by atoms with van der Waals surface area (Å²) in [6, 6.07) is 6.30. The SMILES string of the molecule is CNCCc1nc(-c2cc(Br)ccc2C)c(C)[nH]1. The van der Waals surface area contributed by atoms with Crippen LogP contribution in [0.1, 0.15) is 17.1 Å². The molecule has 2 aromatic rings. The van der Waals surface area contributed by atoms with E-state index in [1.807, 2.05) is 7.05 Å². The summed E-state index contributed by atoms with van der Waals surface area (Å²) in [6.07, 6.45) is 0.921. The number of aryl methyl sites for hydroxylation is 2. The minimum atomic E-state index is 0.921. The number of hydrogen-bond acceptors (Lipinski definition) is 2. The molecule has 2 rings (SSSR count). The molecule has 1 heterocycles. The number of hydrogen-bond donors (Lipinski definition) is 2. The molecule has 0 bridgehead atoms. The lowest BCUT2D eigenvalue weighted by Crippen LogP contribution is -2.11. The first-order valence-corrected chi connectivity index (χ1v) is 6.87. The fourth-order valence-electron chi connectivity index (χ4n) is 2.00. The average Bonchev–Trinajstić information content (AvgIpc) is 2.71. The smallest absolute Gasteiger partial charge is 0.108 e. The second kappa shape index (κ2) is 5.67. The zero-order valence-corrected chi connectivity index (χ0v) is 12.6. The fraction of sp³-hybridized carbons (Fsp3) is 0.357. The van der Waals surface area contributed by atoms with E-state index in [9.17, 15) is 0 Å². The molecule has 18 heavy (non-hydrogen) atoms. The van der Waals surface area contributed by atoms with Gasteiger partial charge in [0.05, 0.1) is 5.69 Å². The molecule has 0 aliphatic carbocycles. The van der Waals surface area contributed by atoms with Crippen molar-refractivity contribution in [2.24, 2.45) is 0 Å². The van der Waals surface area contributed by atoms with Crippen LogP contribution in [-0.2, 0) is 6.42 Å². The number of aromatic nitrogens is 2. The second-order valence-electron chi connectivity index (χ2n) is 4.47. The highest BCUT2D eigenvalue weighted by Crippen LogP contribution is 2.27. The fourth-order valence-corrected chi connectivity index (χ4v) is 2.36. The molecule has 0 saturated heterocycles. The van der Waals surface area contributed by atoms with E-state index >= 15 is 0 Å². The Labute approximate surface area is 116 Å². The first kappa shape index (κ1) is 13.3. The molecule has 0 atom stereocenters. The standard InChI is InChI=1S/C14H18BrN3/c1-9-4-5-11(15)8-12(9)14-10(2)17-13(18-14)6-7-16-3/h4-5,8,16H,6-7H2,1-3H3,(H,17,18). The third-order valence-electron chi connectivity index (χ3n) is 3.00. The summed E-state index contributed by atoms with van der Waals surface area (Å²) in [5, 5.41) is 3.14. The molecule has 96 valence electrons. The molecular weight excluding hydrogens is 290 g/mol. The lowest BCUT2D eigenvalue weighted by atomic mass is 10.1. The average molecular weight is 308 g/mol. The van der Waals surface area contributed by atoms with Gasteiger partial charge in [-0.15, -0.1) is 0 Å². The molecule has 2 N–H and O–H groups in total. The summed E-state index contributed by atoms with van der Waals surface area (Å²) >= 11 is 3.52. The van der Waals surface area contributed by atoms with Gasteiger partial charge in [0.2, 0.25) is 0 Å². The quantitative estimate of drug-likeness (QED) is 0.910. The van der Waals surface area contributed by atoms with Crippen LogP contribution in [0.3, 0.4) is 0 Å². The van der Waals surface area contributed by atoms with Crippen molar-refractivity contribution in [2.45, 2.75) is 20.3 Å². The van der Waals surface area contributed by atoms with E-state index in [0.717, 1.165) is 34.7 Å². The number of aromatic amines is 1. The maximum atomic E-state index is 4.70. The van der Waals surface area contributed by atoms with Crippen LogP contribution in [0.5, 0.6) is 0 Å². The van der Waals surface area contributed by atoms with Crippen LogP contribution >= 0.6 is 15.9 Å². The van der Waals surface area contributed by atoms with Crippen LogP contribution in [0.25, 0.3) is 11.3 Å². The summed E-state index contributed by atoms with van der Waals surface area (Å²) < 4.78 is 1.09. The van der Waals surface area contributed by atoms with Crippen molar-refractivity contribution in [2.75, 3.05) is 13.6 Å². The van der Waals surface area contributed by atoms with Crippen LogP contribution in [0.2, 0.25) is 0 Å². The summed E-state index contributed by atoms with van der Waals surface area (Å²) in [6.45, 7) is 5.12. The molecule has 4 heteroatoms. The van der Waals surface area contributed by atoms with Crippen LogP contribution < -0.4 is 5.32 Å². The van der Waals surface area contributed by atoms with Crippen molar-refractivity contribution in [3.8, 4) is 11.3 Å². The summed E-state index contributed by atoms with van der Waals surface area (Å²) in [5.41, 5.74) is 4.61. The van der Waals surface area contributed by atoms with Gasteiger partial charge in [-0.2, -0.15) is 0 Å². The van der Waals surface area contributed by atoms with Gasteiger partial charge in [-0.05, 0) is 38.6 Å². The van der Waals surface area contributed by atoms with Crippen molar-refractivity contribution in [1.29, 1.82) is 0 Å². The molecule has 0 radical (unpaired) electrons. The number of imidazole rings is 1. The van der Waals surface area contributed by atoms with Crippen LogP contribution in [0, 0.1) is 13.8 Å². The Hall–Kier alpha value is -1.13. The molecule has 0 aliphatic rings. The first-order valence-electron chi connectivity index (χ1n) is 6.08. The predicted molar refractivity (Wildman–Crippen MR) is 78.8 cm³/mol. The molecule has 1 aromatic carbocycles. The van der Waals surface area contributed by atoms with E-state index < -0.39 is 0 Å². The van der Waals surface area contributed by atoms with Crippen molar-refractivity contribution in [3.63, 3.8) is 0 Å². The Morgan fingerprint density at radius 1 is 1.33 bits per heavy atom. The Balaban J connectivity index is 2.38. The normalized spacial score (nSPS) is 10.9. The highest BCUT2D eigenvalue weighted by atomic mass is 79.9. The second-order valence-corrected chi connectivity index (χ2v) is 5.39. The van der Waals surface area contributed by atoms with Crippen LogP contribution in [0.4, 0.5) is 0 Å². The number of rotatable bonds is 4. The zero-order chi connectivity index (χ0) is 13.1. The lowest BCUT2D eigenvalue weighted by molar-refractivity contribution is 0.763. The molecule has 0 spiro atoms. The van der Waals surface area contributed by atoms with E-state index in [-0.39, 0.29) is 0 Å². The van der Waals surface area contributed by atoms with Gasteiger partial charge in [-0.1, -0.05) is 22.0 Å². The van der Waals surface area contributed by atoms with E-state index in [0.29, 0.717) is 0 Å². The molecule has 0 saturated carbocycles. The van der Waals surface area contributed by atoms with Gasteiger partial charge in [-0.25, -0.2) is 4.98 Å². The van der Waals surface area contributed by atoms with Gasteiger partial charge >= 0.3 is 0 Å². The number of H-pyrrole nitrogens is 1. The van der Waals surface area contributed by atoms with Crippen molar-refractivity contribution in [3.05, 3.63) is 39.8 Å². The summed E-state index contributed by atoms with van der Waals surface area (Å²) in [7, 11) is 1.95. The van der Waals surface area contributed by atoms with E-state index in [4.69, 9.17) is 4.98 Å². The Morgan fingerprint density at radius 2 is 2.11 bits per heavy atom. The largest absolute Gasteiger partial charge is 0.346 e. The number of likely N-dealkylation sites (N-methyl/N-ethyl adjacent to an activating group) is 1. The van der Waals surface area contributed by atoms with E-state index in [2.05, 4.69) is 58.3 Å². The first-order chi connectivity index (χ1) is 8.61. The minimum absolute atomic E-state index is 0.921. The highest BCUT2D eigenvalue weighted by molar-refractivity contribution is 9.10. The molecule has 0 amide bonds. The predicted octanol–water partition coefficient (Wildman–Crippen LogP) is 3.22. The maximum absolute atomic E-state index is 4.70. The Bertz CT molecular complexity index is 546. The van der Waals surface area contributed by atoms with Gasteiger partial charge in [0.25, 0.3) is 0 Å². The van der Waals surface area contributed by atoms with Crippen LogP contribution in [-0.4, -0.2) is 23.6 Å². The Morgan fingerprint density at radius 3 is 2.83 bits per heavy atom. The van der Waals surface area contributed by atoms with E-state index in [1.54, 1.807) is 0 Å². The number of nitrogens with zero attached hydrogens (tertiary/aromatic N) is 1. The minimum Gasteiger partial charge on any atom is -0.346 e. The van der Waals surface area contributed by atoms with Crippen molar-refractivity contribution in [1.82, 2.24) is 15.3 Å². The van der Waals surface area contributed by atoms with Crippen molar-refractivity contribution >= 4 is 15.9 Å². The van der Waals surface area contributed by atoms with Gasteiger partial charge in [0, 0.05) is 28.7 Å². The molecule has 1 aromatic heterocycles. The molecule has 0 unspecified atom stereocenters.